The first kappa shape index (κ1) is 9.42. The molecule has 0 aliphatic heterocycles. The monoisotopic (exact) mass is 152 g/mol. The van der Waals surface area contributed by atoms with Crippen LogP contribution in [0.5, 0.6) is 0 Å². The van der Waals surface area contributed by atoms with Crippen molar-refractivity contribution in [3.63, 3.8) is 0 Å². The van der Waals surface area contributed by atoms with Gasteiger partial charge in [-0.15, -0.1) is 0 Å². The van der Waals surface area contributed by atoms with Crippen molar-refractivity contribution >= 4 is 11.9 Å². The van der Waals surface area contributed by atoms with Gasteiger partial charge in [-0.25, -0.2) is 0 Å². The highest BCUT2D eigenvalue weighted by atomic mass is 14.7. The summed E-state index contributed by atoms with van der Waals surface area (Å²) in [5.41, 5.74) is 11.6. The number of rotatable bonds is 3. The molecule has 0 rings (SSSR count). The number of aliphatic imine (C=N–C) groups is 1. The van der Waals surface area contributed by atoms with E-state index in [0.717, 1.165) is 6.21 Å². The summed E-state index contributed by atoms with van der Waals surface area (Å²) in [6.45, 7) is 0. The fraction of sp³-hybridized carbons (Fsp3) is 0.143. The van der Waals surface area contributed by atoms with Gasteiger partial charge in [0.15, 0.2) is 0 Å². The largest absolute Gasteiger partial charge is 0.403 e. The molecule has 0 bridgehead atoms. The molecule has 0 amide bonds. The lowest BCUT2D eigenvalue weighted by Crippen LogP contribution is -2.10. The fourth-order valence-corrected chi connectivity index (χ4v) is 0.524. The zero-order chi connectivity index (χ0) is 8.69. The molecule has 0 atom stereocenters. The smallest absolute Gasteiger partial charge is 0.0815 e. The molecule has 0 saturated heterocycles. The topological polar surface area (TPSA) is 88.2 Å². The molecule has 0 aliphatic carbocycles. The lowest BCUT2D eigenvalue weighted by atomic mass is 10.2. The third-order valence-electron chi connectivity index (χ3n) is 1.07. The summed E-state index contributed by atoms with van der Waals surface area (Å²) in [6.07, 6.45) is 5.57. The van der Waals surface area contributed by atoms with E-state index in [2.05, 4.69) is 4.99 Å². The van der Waals surface area contributed by atoms with E-state index in [0.29, 0.717) is 11.4 Å². The number of nitrogens with zero attached hydrogens (tertiary/aromatic N) is 1. The van der Waals surface area contributed by atoms with Crippen molar-refractivity contribution in [3.05, 3.63) is 24.0 Å². The Balaban J connectivity index is 4.44. The van der Waals surface area contributed by atoms with Crippen LogP contribution in [0.2, 0.25) is 0 Å². The number of hydrogen-bond donors (Lipinski definition) is 3. The van der Waals surface area contributed by atoms with Gasteiger partial charge in [0.1, 0.15) is 0 Å². The summed E-state index contributed by atoms with van der Waals surface area (Å²) in [7, 11) is 1.61. The minimum atomic E-state index is 0.408. The minimum absolute atomic E-state index is 0.408. The molecule has 60 valence electrons. The van der Waals surface area contributed by atoms with Gasteiger partial charge in [0.05, 0.1) is 11.4 Å². The first-order valence-corrected chi connectivity index (χ1v) is 3.08. The quantitative estimate of drug-likeness (QED) is 0.498. The maximum absolute atomic E-state index is 6.71. The van der Waals surface area contributed by atoms with Crippen molar-refractivity contribution in [1.82, 2.24) is 0 Å². The van der Waals surface area contributed by atoms with Crippen LogP contribution in [0.15, 0.2) is 29.0 Å². The standard InChI is InChI=1S/C7H12N4/c1-11-7(3-2-4-8)6(10)5-9/h2-5,8H,9-10H2,1H3/b3-2-,6-5+,8-4?,11-7?. The van der Waals surface area contributed by atoms with Crippen molar-refractivity contribution in [1.29, 1.82) is 5.41 Å². The molecule has 0 unspecified atom stereocenters. The Morgan fingerprint density at radius 2 is 2.18 bits per heavy atom. The lowest BCUT2D eigenvalue weighted by Gasteiger charge is -1.96. The van der Waals surface area contributed by atoms with Gasteiger partial charge >= 0.3 is 0 Å². The van der Waals surface area contributed by atoms with Gasteiger partial charge in [-0.2, -0.15) is 0 Å². The molecule has 0 aliphatic rings. The molecule has 0 aromatic heterocycles. The average molecular weight is 152 g/mol. The van der Waals surface area contributed by atoms with E-state index in [1.807, 2.05) is 0 Å². The van der Waals surface area contributed by atoms with Crippen molar-refractivity contribution in [2.24, 2.45) is 16.5 Å². The van der Waals surface area contributed by atoms with Gasteiger partial charge in [0.25, 0.3) is 0 Å². The molecule has 11 heavy (non-hydrogen) atoms. The van der Waals surface area contributed by atoms with Crippen LogP contribution in [0.1, 0.15) is 0 Å². The maximum atomic E-state index is 6.71. The van der Waals surface area contributed by atoms with Crippen LogP contribution in [-0.2, 0) is 0 Å². The molecule has 0 saturated carbocycles. The Labute approximate surface area is 65.8 Å². The third kappa shape index (κ3) is 3.20. The molecule has 0 heterocycles. The number of hydrogen-bond acceptors (Lipinski definition) is 4. The number of nitrogens with one attached hydrogen (secondary N) is 1. The van der Waals surface area contributed by atoms with E-state index in [9.17, 15) is 0 Å². The number of allylic oxidation sites excluding steroid dienone is 2. The van der Waals surface area contributed by atoms with E-state index < -0.39 is 0 Å². The Kier molecular flexibility index (Phi) is 4.47. The maximum Gasteiger partial charge on any atom is 0.0815 e. The second-order valence-electron chi connectivity index (χ2n) is 1.76. The molecule has 0 aromatic carbocycles. The van der Waals surface area contributed by atoms with Crippen LogP contribution >= 0.6 is 0 Å². The van der Waals surface area contributed by atoms with Gasteiger partial charge < -0.3 is 16.9 Å². The highest BCUT2D eigenvalue weighted by Crippen LogP contribution is 1.89. The van der Waals surface area contributed by atoms with E-state index in [-0.39, 0.29) is 0 Å². The number of nitrogens with two attached hydrogens (primary N) is 2. The van der Waals surface area contributed by atoms with Crippen LogP contribution in [0.3, 0.4) is 0 Å². The molecule has 0 fully saturated rings. The van der Waals surface area contributed by atoms with Gasteiger partial charge in [-0.1, -0.05) is 0 Å². The normalized spacial score (nSPS) is 13.9. The highest BCUT2D eigenvalue weighted by molar-refractivity contribution is 6.08. The molecule has 0 spiro atoms. The van der Waals surface area contributed by atoms with Gasteiger partial charge in [-0.3, -0.25) is 4.99 Å². The fourth-order valence-electron chi connectivity index (χ4n) is 0.524. The van der Waals surface area contributed by atoms with Crippen LogP contribution in [0.4, 0.5) is 0 Å². The molecular weight excluding hydrogens is 140 g/mol. The van der Waals surface area contributed by atoms with Crippen LogP contribution in [0.25, 0.3) is 0 Å². The SMILES string of the molecule is CN=C(/C=C\C=N)/C(N)=C\N. The summed E-state index contributed by atoms with van der Waals surface area (Å²) < 4.78 is 0. The van der Waals surface area contributed by atoms with E-state index in [1.54, 1.807) is 13.1 Å². The molecule has 4 nitrogen and oxygen atoms in total. The zero-order valence-electron chi connectivity index (χ0n) is 6.41. The van der Waals surface area contributed by atoms with Gasteiger partial charge in [0.2, 0.25) is 0 Å². The van der Waals surface area contributed by atoms with E-state index in [4.69, 9.17) is 16.9 Å². The molecule has 0 aromatic rings. The van der Waals surface area contributed by atoms with E-state index in [1.165, 1.54) is 12.3 Å². The molecule has 0 radical (unpaired) electrons. The summed E-state index contributed by atoms with van der Waals surface area (Å²) in [5.74, 6) is 0. The average Bonchev–Trinajstić information content (AvgIpc) is 2.05. The first-order chi connectivity index (χ1) is 5.26. The zero-order valence-corrected chi connectivity index (χ0v) is 6.41. The predicted molar refractivity (Wildman–Crippen MR) is 47.7 cm³/mol. The predicted octanol–water partition coefficient (Wildman–Crippen LogP) is 0.0218. The lowest BCUT2D eigenvalue weighted by molar-refractivity contribution is 1.36. The Bertz CT molecular complexity index is 212. The molecular formula is C7H12N4. The summed E-state index contributed by atoms with van der Waals surface area (Å²) in [6, 6.07) is 0. The van der Waals surface area contributed by atoms with Crippen LogP contribution in [-0.4, -0.2) is 19.0 Å². The first-order valence-electron chi connectivity index (χ1n) is 3.08. The summed E-state index contributed by atoms with van der Waals surface area (Å²) in [4.78, 5) is 3.85. The van der Waals surface area contributed by atoms with Crippen LogP contribution in [0, 0.1) is 5.41 Å². The van der Waals surface area contributed by atoms with Crippen molar-refractivity contribution in [3.8, 4) is 0 Å². The highest BCUT2D eigenvalue weighted by Gasteiger charge is 1.93. The minimum Gasteiger partial charge on any atom is -0.403 e. The second kappa shape index (κ2) is 5.22. The Hall–Kier alpha value is -1.58. The summed E-state index contributed by atoms with van der Waals surface area (Å²) in [5, 5.41) is 6.71. The van der Waals surface area contributed by atoms with Crippen molar-refractivity contribution in [2.45, 2.75) is 0 Å². The van der Waals surface area contributed by atoms with Crippen LogP contribution < -0.4 is 11.5 Å². The van der Waals surface area contributed by atoms with Gasteiger partial charge in [-0.05, 0) is 12.2 Å². The third-order valence-corrected chi connectivity index (χ3v) is 1.07. The second-order valence-corrected chi connectivity index (χ2v) is 1.76. The Morgan fingerprint density at radius 3 is 2.55 bits per heavy atom. The Morgan fingerprint density at radius 1 is 1.55 bits per heavy atom. The van der Waals surface area contributed by atoms with Gasteiger partial charge in [0, 0.05) is 19.5 Å². The molecule has 5 N–H and O–H groups in total. The summed E-state index contributed by atoms with van der Waals surface area (Å²) >= 11 is 0. The van der Waals surface area contributed by atoms with Crippen molar-refractivity contribution in [2.75, 3.05) is 7.05 Å². The van der Waals surface area contributed by atoms with E-state index >= 15 is 0 Å². The molecule has 4 heteroatoms. The van der Waals surface area contributed by atoms with Crippen molar-refractivity contribution < 1.29 is 0 Å².